The van der Waals surface area contributed by atoms with Crippen molar-refractivity contribution in [3.05, 3.63) is 12.2 Å². The fourth-order valence-electron chi connectivity index (χ4n) is 1.09. The fourth-order valence-corrected chi connectivity index (χ4v) is 1.09. The second-order valence-electron chi connectivity index (χ2n) is 3.62. The first-order valence-electron chi connectivity index (χ1n) is 5.21. The van der Waals surface area contributed by atoms with Gasteiger partial charge in [0.15, 0.2) is 0 Å². The predicted octanol–water partition coefficient (Wildman–Crippen LogP) is 0.233. The van der Waals surface area contributed by atoms with Gasteiger partial charge in [0.2, 0.25) is 0 Å². The number of alkyl carbamates (subject to hydrolysis) is 1. The lowest BCUT2D eigenvalue weighted by atomic mass is 10.1. The van der Waals surface area contributed by atoms with Crippen LogP contribution in [0.5, 0.6) is 0 Å². The molecular formula is C10H16N2O4. The van der Waals surface area contributed by atoms with Crippen molar-refractivity contribution in [3.63, 3.8) is 0 Å². The number of hydrogen-bond donors (Lipinski definition) is 3. The minimum Gasteiger partial charge on any atom is -0.480 e. The predicted molar refractivity (Wildman–Crippen MR) is 56.9 cm³/mol. The van der Waals surface area contributed by atoms with Crippen LogP contribution >= 0.6 is 0 Å². The fraction of sp³-hybridized carbons (Fsp3) is 0.600. The van der Waals surface area contributed by atoms with Crippen LogP contribution in [0.25, 0.3) is 0 Å². The molecule has 6 nitrogen and oxygen atoms in total. The highest BCUT2D eigenvalue weighted by Gasteiger charge is 2.15. The van der Waals surface area contributed by atoms with Crippen molar-refractivity contribution in [2.24, 2.45) is 5.73 Å². The lowest BCUT2D eigenvalue weighted by molar-refractivity contribution is -0.138. The average Bonchev–Trinajstić information content (AvgIpc) is 3.00. The zero-order valence-electron chi connectivity index (χ0n) is 8.89. The molecule has 1 atom stereocenters. The quantitative estimate of drug-likeness (QED) is 0.427. The third-order valence-corrected chi connectivity index (χ3v) is 2.12. The number of unbranched alkanes of at least 4 members (excludes halogenated alkanes) is 1. The van der Waals surface area contributed by atoms with E-state index < -0.39 is 18.1 Å². The van der Waals surface area contributed by atoms with E-state index >= 15 is 0 Å². The van der Waals surface area contributed by atoms with Gasteiger partial charge in [0.25, 0.3) is 0 Å². The summed E-state index contributed by atoms with van der Waals surface area (Å²) in [5.74, 6) is -0.993. The van der Waals surface area contributed by atoms with Gasteiger partial charge >= 0.3 is 12.1 Å². The Morgan fingerprint density at radius 2 is 2.12 bits per heavy atom. The molecule has 0 saturated carbocycles. The molecule has 1 rings (SSSR count). The molecule has 0 heterocycles. The number of carboxylic acid groups (broad SMARTS) is 1. The Morgan fingerprint density at radius 3 is 2.69 bits per heavy atom. The molecular weight excluding hydrogens is 212 g/mol. The van der Waals surface area contributed by atoms with Crippen LogP contribution in [0.3, 0.4) is 0 Å². The van der Waals surface area contributed by atoms with Gasteiger partial charge in [-0.2, -0.15) is 0 Å². The SMILES string of the molecule is N[C@@H](CCCCNC(=O)OC1C=C1)C(=O)O. The van der Waals surface area contributed by atoms with Crippen LogP contribution in [0.15, 0.2) is 12.2 Å². The number of carbonyl (C=O) groups excluding carboxylic acids is 1. The number of hydrogen-bond acceptors (Lipinski definition) is 4. The third-order valence-electron chi connectivity index (χ3n) is 2.12. The van der Waals surface area contributed by atoms with E-state index in [2.05, 4.69) is 5.32 Å². The van der Waals surface area contributed by atoms with Crippen molar-refractivity contribution in [3.8, 4) is 0 Å². The molecule has 0 fully saturated rings. The monoisotopic (exact) mass is 228 g/mol. The van der Waals surface area contributed by atoms with E-state index in [1.54, 1.807) is 12.2 Å². The Hall–Kier alpha value is -1.56. The van der Waals surface area contributed by atoms with Crippen LogP contribution in [0.1, 0.15) is 19.3 Å². The van der Waals surface area contributed by atoms with Crippen LogP contribution in [0, 0.1) is 0 Å². The van der Waals surface area contributed by atoms with E-state index in [1.807, 2.05) is 0 Å². The van der Waals surface area contributed by atoms with Crippen molar-refractivity contribution in [1.29, 1.82) is 0 Å². The molecule has 0 aromatic heterocycles. The van der Waals surface area contributed by atoms with Crippen molar-refractivity contribution in [2.75, 3.05) is 6.54 Å². The molecule has 1 amide bonds. The van der Waals surface area contributed by atoms with E-state index in [0.29, 0.717) is 25.8 Å². The Kier molecular flexibility index (Phi) is 4.78. The molecule has 1 aliphatic carbocycles. The molecule has 0 unspecified atom stereocenters. The van der Waals surface area contributed by atoms with Gasteiger partial charge in [-0.15, -0.1) is 0 Å². The summed E-state index contributed by atoms with van der Waals surface area (Å²) >= 11 is 0. The zero-order valence-corrected chi connectivity index (χ0v) is 8.89. The largest absolute Gasteiger partial charge is 0.480 e. The summed E-state index contributed by atoms with van der Waals surface area (Å²) in [6, 6.07) is -0.817. The van der Waals surface area contributed by atoms with Gasteiger partial charge in [0.05, 0.1) is 0 Å². The molecule has 0 aromatic carbocycles. The molecule has 0 radical (unpaired) electrons. The third kappa shape index (κ3) is 5.35. The van der Waals surface area contributed by atoms with Crippen LogP contribution in [-0.4, -0.2) is 35.9 Å². The minimum absolute atomic E-state index is 0.138. The minimum atomic E-state index is -0.993. The number of nitrogens with two attached hydrogens (primary N) is 1. The second-order valence-corrected chi connectivity index (χ2v) is 3.62. The number of carbonyl (C=O) groups is 2. The van der Waals surface area contributed by atoms with Crippen molar-refractivity contribution in [1.82, 2.24) is 5.32 Å². The first kappa shape index (κ1) is 12.5. The smallest absolute Gasteiger partial charge is 0.408 e. The highest BCUT2D eigenvalue weighted by molar-refractivity contribution is 5.72. The Bertz CT molecular complexity index is 285. The van der Waals surface area contributed by atoms with Gasteiger partial charge in [-0.1, -0.05) is 0 Å². The first-order chi connectivity index (χ1) is 7.59. The van der Waals surface area contributed by atoms with E-state index in [0.717, 1.165) is 0 Å². The zero-order chi connectivity index (χ0) is 12.0. The molecule has 6 heteroatoms. The molecule has 16 heavy (non-hydrogen) atoms. The highest BCUT2D eigenvalue weighted by atomic mass is 16.6. The maximum Gasteiger partial charge on any atom is 0.408 e. The van der Waals surface area contributed by atoms with Crippen LogP contribution < -0.4 is 11.1 Å². The summed E-state index contributed by atoms with van der Waals surface area (Å²) in [7, 11) is 0. The molecule has 0 saturated heterocycles. The van der Waals surface area contributed by atoms with Crippen LogP contribution in [0.2, 0.25) is 0 Å². The lowest BCUT2D eigenvalue weighted by Crippen LogP contribution is -2.30. The summed E-state index contributed by atoms with van der Waals surface area (Å²) in [4.78, 5) is 21.4. The maximum absolute atomic E-state index is 11.0. The van der Waals surface area contributed by atoms with Gasteiger partial charge in [-0.05, 0) is 31.4 Å². The molecule has 1 aliphatic rings. The number of amides is 1. The Balaban J connectivity index is 1.90. The number of nitrogens with one attached hydrogen (secondary N) is 1. The molecule has 0 aliphatic heterocycles. The lowest BCUT2D eigenvalue weighted by Gasteiger charge is -2.07. The number of carboxylic acids is 1. The highest BCUT2D eigenvalue weighted by Crippen LogP contribution is 2.09. The van der Waals surface area contributed by atoms with Crippen LogP contribution in [-0.2, 0) is 9.53 Å². The number of aliphatic carboxylic acids is 1. The Morgan fingerprint density at radius 1 is 1.44 bits per heavy atom. The van der Waals surface area contributed by atoms with Gasteiger partial charge in [-0.25, -0.2) is 4.79 Å². The number of ether oxygens (including phenoxy) is 1. The number of rotatable bonds is 7. The summed E-state index contributed by atoms with van der Waals surface area (Å²) < 4.78 is 4.85. The summed E-state index contributed by atoms with van der Waals surface area (Å²) in [6.07, 6.45) is 4.72. The van der Waals surface area contributed by atoms with E-state index in [1.165, 1.54) is 0 Å². The van der Waals surface area contributed by atoms with Gasteiger partial charge in [0, 0.05) is 6.54 Å². The molecule has 0 bridgehead atoms. The van der Waals surface area contributed by atoms with Crippen molar-refractivity contribution < 1.29 is 19.4 Å². The molecule has 0 aromatic rings. The molecule has 0 spiro atoms. The molecule has 4 N–H and O–H groups in total. The summed E-state index contributed by atoms with van der Waals surface area (Å²) in [5, 5.41) is 11.1. The average molecular weight is 228 g/mol. The van der Waals surface area contributed by atoms with Gasteiger partial charge < -0.3 is 20.9 Å². The first-order valence-corrected chi connectivity index (χ1v) is 5.21. The topological polar surface area (TPSA) is 102 Å². The maximum atomic E-state index is 11.0. The van der Waals surface area contributed by atoms with Crippen molar-refractivity contribution in [2.45, 2.75) is 31.4 Å². The molecule has 90 valence electrons. The Labute approximate surface area is 93.4 Å². The second kappa shape index (κ2) is 6.12. The van der Waals surface area contributed by atoms with Gasteiger partial charge in [0.1, 0.15) is 12.1 Å². The normalized spacial score (nSPS) is 15.6. The summed E-state index contributed by atoms with van der Waals surface area (Å²) in [5.41, 5.74) is 5.31. The van der Waals surface area contributed by atoms with Crippen molar-refractivity contribution >= 4 is 12.1 Å². The van der Waals surface area contributed by atoms with E-state index in [9.17, 15) is 9.59 Å². The van der Waals surface area contributed by atoms with E-state index in [-0.39, 0.29) is 6.10 Å². The van der Waals surface area contributed by atoms with E-state index in [4.69, 9.17) is 15.6 Å². The standard InChI is InChI=1S/C10H16N2O4/c11-8(9(13)14)3-1-2-6-12-10(15)16-7-4-5-7/h4-5,7-8H,1-3,6,11H2,(H,12,15)(H,13,14)/t8-/m0/s1. The van der Waals surface area contributed by atoms with Gasteiger partial charge in [-0.3, -0.25) is 4.79 Å². The van der Waals surface area contributed by atoms with Crippen LogP contribution in [0.4, 0.5) is 4.79 Å². The summed E-state index contributed by atoms with van der Waals surface area (Å²) in [6.45, 7) is 0.470.